The van der Waals surface area contributed by atoms with Gasteiger partial charge in [-0.3, -0.25) is 0 Å². The van der Waals surface area contributed by atoms with Crippen LogP contribution in [0.5, 0.6) is 5.75 Å². The number of benzene rings is 1. The standard InChI is InChI=1S/C13H11BrCl2OS/c1-2-17-8-3-4-9(10(14)7-8)13(16)11-5-6-12(15)18-11/h3-7,13H,2H2,1H3. The van der Waals surface area contributed by atoms with Gasteiger partial charge in [-0.1, -0.05) is 33.6 Å². The van der Waals surface area contributed by atoms with Crippen molar-refractivity contribution < 1.29 is 4.74 Å². The number of alkyl halides is 1. The van der Waals surface area contributed by atoms with Crippen molar-refractivity contribution in [3.63, 3.8) is 0 Å². The number of hydrogen-bond donors (Lipinski definition) is 0. The molecule has 96 valence electrons. The van der Waals surface area contributed by atoms with Crippen molar-refractivity contribution >= 4 is 50.5 Å². The molecule has 0 fully saturated rings. The van der Waals surface area contributed by atoms with Gasteiger partial charge in [0, 0.05) is 9.35 Å². The summed E-state index contributed by atoms with van der Waals surface area (Å²) < 4.78 is 7.13. The average Bonchev–Trinajstić information content (AvgIpc) is 2.76. The SMILES string of the molecule is CCOc1ccc(C(Cl)c2ccc(Cl)s2)c(Br)c1. The molecule has 0 saturated heterocycles. The summed E-state index contributed by atoms with van der Waals surface area (Å²) >= 11 is 17.4. The Balaban J connectivity index is 2.28. The molecular formula is C13H11BrCl2OS. The molecule has 0 bridgehead atoms. The van der Waals surface area contributed by atoms with Gasteiger partial charge in [-0.05, 0) is 36.8 Å². The zero-order valence-electron chi connectivity index (χ0n) is 9.62. The Kier molecular flexibility index (Phi) is 4.96. The van der Waals surface area contributed by atoms with Crippen molar-refractivity contribution in [2.45, 2.75) is 12.3 Å². The summed E-state index contributed by atoms with van der Waals surface area (Å²) in [5, 5.41) is -0.201. The van der Waals surface area contributed by atoms with E-state index in [9.17, 15) is 0 Å². The highest BCUT2D eigenvalue weighted by Gasteiger charge is 2.16. The van der Waals surface area contributed by atoms with E-state index in [2.05, 4.69) is 15.9 Å². The molecule has 0 aliphatic heterocycles. The van der Waals surface area contributed by atoms with Crippen LogP contribution in [-0.2, 0) is 0 Å². The first-order chi connectivity index (χ1) is 8.61. The largest absolute Gasteiger partial charge is 0.494 e. The molecule has 1 unspecified atom stereocenters. The fraction of sp³-hybridized carbons (Fsp3) is 0.231. The second-order valence-electron chi connectivity index (χ2n) is 3.62. The molecule has 1 heterocycles. The molecule has 1 aromatic heterocycles. The van der Waals surface area contributed by atoms with E-state index in [1.54, 1.807) is 0 Å². The number of hydrogen-bond acceptors (Lipinski definition) is 2. The highest BCUT2D eigenvalue weighted by Crippen LogP contribution is 2.39. The fourth-order valence-corrected chi connectivity index (χ4v) is 3.76. The molecule has 5 heteroatoms. The molecule has 2 aromatic rings. The molecule has 0 radical (unpaired) electrons. The Labute approximate surface area is 129 Å². The van der Waals surface area contributed by atoms with Crippen molar-refractivity contribution in [2.75, 3.05) is 6.61 Å². The van der Waals surface area contributed by atoms with Gasteiger partial charge in [0.05, 0.1) is 16.3 Å². The smallest absolute Gasteiger partial charge is 0.120 e. The van der Waals surface area contributed by atoms with Crippen LogP contribution in [0.25, 0.3) is 0 Å². The third kappa shape index (κ3) is 3.21. The lowest BCUT2D eigenvalue weighted by Gasteiger charge is -2.12. The van der Waals surface area contributed by atoms with E-state index in [1.807, 2.05) is 37.3 Å². The van der Waals surface area contributed by atoms with Gasteiger partial charge in [0.2, 0.25) is 0 Å². The van der Waals surface area contributed by atoms with Crippen LogP contribution in [0.2, 0.25) is 4.34 Å². The maximum Gasteiger partial charge on any atom is 0.120 e. The van der Waals surface area contributed by atoms with Crippen molar-refractivity contribution in [3.8, 4) is 5.75 Å². The van der Waals surface area contributed by atoms with Gasteiger partial charge in [0.15, 0.2) is 0 Å². The average molecular weight is 366 g/mol. The van der Waals surface area contributed by atoms with Gasteiger partial charge < -0.3 is 4.74 Å². The van der Waals surface area contributed by atoms with Crippen molar-refractivity contribution in [2.24, 2.45) is 0 Å². The first-order valence-electron chi connectivity index (χ1n) is 5.43. The minimum Gasteiger partial charge on any atom is -0.494 e. The van der Waals surface area contributed by atoms with Crippen LogP contribution < -0.4 is 4.74 Å². The maximum absolute atomic E-state index is 6.46. The van der Waals surface area contributed by atoms with Crippen LogP contribution in [0.15, 0.2) is 34.8 Å². The number of ether oxygens (including phenoxy) is 1. The molecule has 0 aliphatic carbocycles. The summed E-state index contributed by atoms with van der Waals surface area (Å²) in [5.74, 6) is 0.834. The van der Waals surface area contributed by atoms with E-state index in [1.165, 1.54) is 11.3 Å². The summed E-state index contributed by atoms with van der Waals surface area (Å²) in [7, 11) is 0. The second kappa shape index (κ2) is 6.29. The lowest BCUT2D eigenvalue weighted by Crippen LogP contribution is -1.95. The topological polar surface area (TPSA) is 9.23 Å². The van der Waals surface area contributed by atoms with E-state index >= 15 is 0 Å². The molecule has 0 aliphatic rings. The molecule has 0 saturated carbocycles. The summed E-state index contributed by atoms with van der Waals surface area (Å²) in [6.07, 6.45) is 0. The van der Waals surface area contributed by atoms with Crippen LogP contribution in [0.4, 0.5) is 0 Å². The quantitative estimate of drug-likeness (QED) is 0.613. The van der Waals surface area contributed by atoms with Gasteiger partial charge in [-0.2, -0.15) is 0 Å². The fourth-order valence-electron chi connectivity index (χ4n) is 1.59. The molecule has 1 aromatic carbocycles. The van der Waals surface area contributed by atoms with Crippen LogP contribution >= 0.6 is 50.5 Å². The lowest BCUT2D eigenvalue weighted by molar-refractivity contribution is 0.340. The number of rotatable bonds is 4. The van der Waals surface area contributed by atoms with Crippen molar-refractivity contribution in [1.29, 1.82) is 0 Å². The Morgan fingerprint density at radius 2 is 2.11 bits per heavy atom. The number of halogens is 3. The molecule has 0 spiro atoms. The van der Waals surface area contributed by atoms with E-state index in [-0.39, 0.29) is 5.38 Å². The Morgan fingerprint density at radius 1 is 1.33 bits per heavy atom. The van der Waals surface area contributed by atoms with Gasteiger partial charge in [-0.15, -0.1) is 22.9 Å². The monoisotopic (exact) mass is 364 g/mol. The van der Waals surface area contributed by atoms with E-state index < -0.39 is 0 Å². The molecule has 2 rings (SSSR count). The van der Waals surface area contributed by atoms with Crippen LogP contribution in [-0.4, -0.2) is 6.61 Å². The minimum absolute atomic E-state index is 0.201. The Morgan fingerprint density at radius 3 is 2.67 bits per heavy atom. The normalized spacial score (nSPS) is 12.4. The van der Waals surface area contributed by atoms with Gasteiger partial charge in [-0.25, -0.2) is 0 Å². The minimum atomic E-state index is -0.201. The molecule has 1 atom stereocenters. The van der Waals surface area contributed by atoms with Crippen molar-refractivity contribution in [1.82, 2.24) is 0 Å². The van der Waals surface area contributed by atoms with Crippen molar-refractivity contribution in [3.05, 3.63) is 49.6 Å². The Hall–Kier alpha value is -0.220. The van der Waals surface area contributed by atoms with Gasteiger partial charge in [0.1, 0.15) is 5.75 Å². The second-order valence-corrected chi connectivity index (χ2v) is 6.66. The van der Waals surface area contributed by atoms with E-state index in [4.69, 9.17) is 27.9 Å². The molecular weight excluding hydrogens is 355 g/mol. The molecule has 18 heavy (non-hydrogen) atoms. The third-order valence-electron chi connectivity index (χ3n) is 2.40. The first kappa shape index (κ1) is 14.2. The van der Waals surface area contributed by atoms with Gasteiger partial charge in [0.25, 0.3) is 0 Å². The van der Waals surface area contributed by atoms with Crippen LogP contribution in [0, 0.1) is 0 Å². The number of thiophene rings is 1. The molecule has 1 nitrogen and oxygen atoms in total. The Bertz CT molecular complexity index is 542. The highest BCUT2D eigenvalue weighted by molar-refractivity contribution is 9.10. The summed E-state index contributed by atoms with van der Waals surface area (Å²) in [6.45, 7) is 2.61. The van der Waals surface area contributed by atoms with Crippen LogP contribution in [0.1, 0.15) is 22.7 Å². The highest BCUT2D eigenvalue weighted by atomic mass is 79.9. The molecule has 0 N–H and O–H groups in total. The molecule has 0 amide bonds. The predicted octanol–water partition coefficient (Wildman–Crippen LogP) is 5.89. The predicted molar refractivity (Wildman–Crippen MR) is 82.3 cm³/mol. The maximum atomic E-state index is 6.46. The third-order valence-corrected chi connectivity index (χ3v) is 4.98. The summed E-state index contributed by atoms with van der Waals surface area (Å²) in [5.41, 5.74) is 1.01. The van der Waals surface area contributed by atoms with Gasteiger partial charge >= 0.3 is 0 Å². The summed E-state index contributed by atoms with van der Waals surface area (Å²) in [4.78, 5) is 1.03. The van der Waals surface area contributed by atoms with E-state index in [0.717, 1.165) is 25.0 Å². The summed E-state index contributed by atoms with van der Waals surface area (Å²) in [6, 6.07) is 9.64. The van der Waals surface area contributed by atoms with Crippen LogP contribution in [0.3, 0.4) is 0 Å². The van der Waals surface area contributed by atoms with E-state index in [0.29, 0.717) is 6.61 Å². The first-order valence-corrected chi connectivity index (χ1v) is 7.85. The lowest BCUT2D eigenvalue weighted by atomic mass is 10.1. The zero-order chi connectivity index (χ0) is 13.1. The zero-order valence-corrected chi connectivity index (χ0v) is 13.5.